The van der Waals surface area contributed by atoms with E-state index in [9.17, 15) is 9.59 Å². The van der Waals surface area contributed by atoms with Gasteiger partial charge in [0.05, 0.1) is 17.3 Å². The molecule has 102 valence electrons. The summed E-state index contributed by atoms with van der Waals surface area (Å²) in [7, 11) is 0. The Labute approximate surface area is 124 Å². The fraction of sp³-hybridized carbons (Fsp3) is 0.385. The van der Waals surface area contributed by atoms with E-state index in [2.05, 4.69) is 10.6 Å². The number of halogens is 1. The zero-order chi connectivity index (χ0) is 14.0. The molecule has 1 amide bonds. The maximum Gasteiger partial charge on any atom is 0.337 e. The fourth-order valence-electron chi connectivity index (χ4n) is 2.20. The summed E-state index contributed by atoms with van der Waals surface area (Å²) in [6.07, 6.45) is 0.955. The Kier molecular flexibility index (Phi) is 4.41. The molecule has 0 aromatic heterocycles. The topological polar surface area (TPSA) is 78.4 Å². The van der Waals surface area contributed by atoms with Crippen molar-refractivity contribution in [3.05, 3.63) is 27.3 Å². The Balaban J connectivity index is 2.19. The number of carboxylic acid groups (broad SMARTS) is 1. The molecule has 2 unspecified atom stereocenters. The molecule has 19 heavy (non-hydrogen) atoms. The van der Waals surface area contributed by atoms with Crippen LogP contribution in [-0.2, 0) is 4.79 Å². The van der Waals surface area contributed by atoms with Crippen LogP contribution in [0.3, 0.4) is 0 Å². The molecule has 1 saturated heterocycles. The first-order chi connectivity index (χ1) is 8.99. The van der Waals surface area contributed by atoms with Gasteiger partial charge in [0.15, 0.2) is 0 Å². The minimum Gasteiger partial charge on any atom is -0.478 e. The van der Waals surface area contributed by atoms with Crippen LogP contribution in [0.2, 0.25) is 0 Å². The Bertz CT molecular complexity index is 519. The van der Waals surface area contributed by atoms with E-state index in [1.54, 1.807) is 18.2 Å². The Morgan fingerprint density at radius 1 is 1.47 bits per heavy atom. The maximum absolute atomic E-state index is 12.1. The van der Waals surface area contributed by atoms with Crippen LogP contribution in [0.5, 0.6) is 0 Å². The average Bonchev–Trinajstić information content (AvgIpc) is 2.77. The van der Waals surface area contributed by atoms with E-state index in [0.717, 1.165) is 16.5 Å². The van der Waals surface area contributed by atoms with E-state index >= 15 is 0 Å². The molecule has 0 saturated carbocycles. The zero-order valence-corrected chi connectivity index (χ0v) is 12.6. The molecule has 1 aromatic carbocycles. The second kappa shape index (κ2) is 5.87. The molecule has 0 bridgehead atoms. The molecule has 1 fully saturated rings. The van der Waals surface area contributed by atoms with Gasteiger partial charge in [-0.3, -0.25) is 4.79 Å². The van der Waals surface area contributed by atoms with Crippen molar-refractivity contribution in [2.75, 3.05) is 11.9 Å². The molecule has 3 N–H and O–H groups in total. The molecule has 2 atom stereocenters. The third kappa shape index (κ3) is 3.24. The number of benzene rings is 1. The van der Waals surface area contributed by atoms with E-state index in [-0.39, 0.29) is 23.4 Å². The fourth-order valence-corrected chi connectivity index (χ4v) is 2.69. The first-order valence-corrected chi connectivity index (χ1v) is 7.14. The van der Waals surface area contributed by atoms with Gasteiger partial charge < -0.3 is 15.7 Å². The van der Waals surface area contributed by atoms with E-state index in [1.807, 2.05) is 29.5 Å². The number of hydrogen-bond acceptors (Lipinski definition) is 3. The second-order valence-corrected chi connectivity index (χ2v) is 5.93. The summed E-state index contributed by atoms with van der Waals surface area (Å²) >= 11 is 2.04. The number of carbonyl (C=O) groups excluding carboxylic acids is 1. The summed E-state index contributed by atoms with van der Waals surface area (Å²) in [5, 5.41) is 15.0. The molecular weight excluding hydrogens is 359 g/mol. The highest BCUT2D eigenvalue weighted by Gasteiger charge is 2.29. The monoisotopic (exact) mass is 374 g/mol. The third-order valence-corrected chi connectivity index (χ3v) is 3.96. The lowest BCUT2D eigenvalue weighted by atomic mass is 10.0. The highest BCUT2D eigenvalue weighted by molar-refractivity contribution is 14.1. The van der Waals surface area contributed by atoms with Crippen molar-refractivity contribution in [3.8, 4) is 0 Å². The first-order valence-electron chi connectivity index (χ1n) is 6.06. The quantitative estimate of drug-likeness (QED) is 0.707. The van der Waals surface area contributed by atoms with Crippen LogP contribution in [0.25, 0.3) is 0 Å². The van der Waals surface area contributed by atoms with Gasteiger partial charge in [-0.05, 0) is 59.7 Å². The average molecular weight is 374 g/mol. The predicted molar refractivity (Wildman–Crippen MR) is 80.3 cm³/mol. The van der Waals surface area contributed by atoms with Crippen LogP contribution < -0.4 is 10.6 Å². The summed E-state index contributed by atoms with van der Waals surface area (Å²) < 4.78 is 0.820. The highest BCUT2D eigenvalue weighted by atomic mass is 127. The molecular formula is C13H15IN2O3. The molecule has 1 aromatic rings. The molecule has 1 aliphatic rings. The number of amides is 1. The predicted octanol–water partition coefficient (Wildman–Crippen LogP) is 1.93. The van der Waals surface area contributed by atoms with Gasteiger partial charge in [0.2, 0.25) is 5.91 Å². The molecule has 1 heterocycles. The Morgan fingerprint density at radius 2 is 2.21 bits per heavy atom. The lowest BCUT2D eigenvalue weighted by molar-refractivity contribution is -0.118. The van der Waals surface area contributed by atoms with Gasteiger partial charge in [0.1, 0.15) is 0 Å². The number of carbonyl (C=O) groups is 2. The number of anilines is 1. The smallest absolute Gasteiger partial charge is 0.337 e. The summed E-state index contributed by atoms with van der Waals surface area (Å²) in [5.74, 6) is -0.952. The highest BCUT2D eigenvalue weighted by Crippen LogP contribution is 2.21. The summed E-state index contributed by atoms with van der Waals surface area (Å²) in [6, 6.07) is 4.70. The lowest BCUT2D eigenvalue weighted by Gasteiger charge is -2.16. The minimum atomic E-state index is -1.04. The standard InChI is InChI=1S/C13H15IN2O3/c1-7-4-5-15-11(7)12(17)16-10-3-2-8(14)6-9(10)13(18)19/h2-3,6-7,11,15H,4-5H2,1H3,(H,16,17)(H,18,19). The number of carboxylic acids is 1. The SMILES string of the molecule is CC1CCNC1C(=O)Nc1ccc(I)cc1C(=O)O. The van der Waals surface area contributed by atoms with Crippen molar-refractivity contribution < 1.29 is 14.7 Å². The summed E-state index contributed by atoms with van der Waals surface area (Å²) in [5.41, 5.74) is 0.463. The van der Waals surface area contributed by atoms with Crippen molar-refractivity contribution in [3.63, 3.8) is 0 Å². The van der Waals surface area contributed by atoms with Crippen LogP contribution in [0.4, 0.5) is 5.69 Å². The largest absolute Gasteiger partial charge is 0.478 e. The van der Waals surface area contributed by atoms with Gasteiger partial charge >= 0.3 is 5.97 Å². The van der Waals surface area contributed by atoms with E-state index in [4.69, 9.17) is 5.11 Å². The molecule has 0 radical (unpaired) electrons. The minimum absolute atomic E-state index is 0.117. The molecule has 0 aliphatic carbocycles. The van der Waals surface area contributed by atoms with E-state index < -0.39 is 5.97 Å². The van der Waals surface area contributed by atoms with Crippen LogP contribution in [-0.4, -0.2) is 29.6 Å². The van der Waals surface area contributed by atoms with Crippen LogP contribution >= 0.6 is 22.6 Å². The molecule has 0 spiro atoms. The van der Waals surface area contributed by atoms with Crippen molar-refractivity contribution >= 4 is 40.2 Å². The van der Waals surface area contributed by atoms with Crippen molar-refractivity contribution in [2.45, 2.75) is 19.4 Å². The van der Waals surface area contributed by atoms with E-state index in [0.29, 0.717) is 5.69 Å². The van der Waals surface area contributed by atoms with Gasteiger partial charge in [-0.25, -0.2) is 4.79 Å². The van der Waals surface area contributed by atoms with Crippen molar-refractivity contribution in [1.82, 2.24) is 5.32 Å². The van der Waals surface area contributed by atoms with Gasteiger partial charge in [-0.1, -0.05) is 6.92 Å². The first kappa shape index (κ1) is 14.3. The Morgan fingerprint density at radius 3 is 2.79 bits per heavy atom. The number of nitrogens with one attached hydrogen (secondary N) is 2. The number of aromatic carboxylic acids is 1. The van der Waals surface area contributed by atoms with Gasteiger partial charge in [0, 0.05) is 3.57 Å². The summed E-state index contributed by atoms with van der Waals surface area (Å²) in [4.78, 5) is 23.3. The lowest BCUT2D eigenvalue weighted by Crippen LogP contribution is -2.39. The van der Waals surface area contributed by atoms with Crippen LogP contribution in [0.15, 0.2) is 18.2 Å². The third-order valence-electron chi connectivity index (χ3n) is 3.29. The van der Waals surface area contributed by atoms with Crippen molar-refractivity contribution in [2.24, 2.45) is 5.92 Å². The van der Waals surface area contributed by atoms with Crippen molar-refractivity contribution in [1.29, 1.82) is 0 Å². The number of rotatable bonds is 3. The van der Waals surface area contributed by atoms with Crippen LogP contribution in [0, 0.1) is 9.49 Å². The molecule has 1 aliphatic heterocycles. The second-order valence-electron chi connectivity index (χ2n) is 4.68. The van der Waals surface area contributed by atoms with Crippen LogP contribution in [0.1, 0.15) is 23.7 Å². The normalized spacial score (nSPS) is 22.2. The zero-order valence-electron chi connectivity index (χ0n) is 10.4. The van der Waals surface area contributed by atoms with E-state index in [1.165, 1.54) is 0 Å². The number of hydrogen-bond donors (Lipinski definition) is 3. The Hall–Kier alpha value is -1.15. The molecule has 6 heteroatoms. The van der Waals surface area contributed by atoms with Gasteiger partial charge in [-0.2, -0.15) is 0 Å². The maximum atomic E-state index is 12.1. The molecule has 5 nitrogen and oxygen atoms in total. The van der Waals surface area contributed by atoms with Gasteiger partial charge in [0.25, 0.3) is 0 Å². The summed E-state index contributed by atoms with van der Waals surface area (Å²) in [6.45, 7) is 2.83. The molecule has 2 rings (SSSR count). The van der Waals surface area contributed by atoms with Gasteiger partial charge in [-0.15, -0.1) is 0 Å².